The Morgan fingerprint density at radius 1 is 0.930 bits per heavy atom. The van der Waals surface area contributed by atoms with Crippen molar-refractivity contribution in [3.63, 3.8) is 0 Å². The van der Waals surface area contributed by atoms with E-state index < -0.39 is 11.7 Å². The van der Waals surface area contributed by atoms with Crippen molar-refractivity contribution in [3.8, 4) is 11.1 Å². The van der Waals surface area contributed by atoms with Gasteiger partial charge in [0.15, 0.2) is 5.13 Å². The highest BCUT2D eigenvalue weighted by atomic mass is 32.1. The first-order valence-electron chi connectivity index (χ1n) is 15.3. The molecule has 230 valence electrons. The highest BCUT2D eigenvalue weighted by molar-refractivity contribution is 7.13. The maximum Gasteiger partial charge on any atom is 0.258 e. The Kier molecular flexibility index (Phi) is 11.8. The lowest BCUT2D eigenvalue weighted by atomic mass is 9.92. The van der Waals surface area contributed by atoms with Crippen molar-refractivity contribution < 1.29 is 18.8 Å². The van der Waals surface area contributed by atoms with Crippen molar-refractivity contribution >= 4 is 34.2 Å². The Hall–Kier alpha value is -3.63. The van der Waals surface area contributed by atoms with Gasteiger partial charge >= 0.3 is 0 Å². The van der Waals surface area contributed by atoms with Crippen LogP contribution in [0.3, 0.4) is 0 Å². The van der Waals surface area contributed by atoms with Gasteiger partial charge in [0.25, 0.3) is 17.7 Å². The molecule has 3 amide bonds. The molecule has 3 aromatic rings. The Morgan fingerprint density at radius 3 is 2.30 bits per heavy atom. The van der Waals surface area contributed by atoms with Crippen LogP contribution in [-0.4, -0.2) is 59.8 Å². The quantitative estimate of drug-likeness (QED) is 0.163. The van der Waals surface area contributed by atoms with E-state index in [9.17, 15) is 14.4 Å². The highest BCUT2D eigenvalue weighted by Gasteiger charge is 2.26. The molecule has 1 aliphatic rings. The molecule has 1 fully saturated rings. The van der Waals surface area contributed by atoms with Gasteiger partial charge in [-0.25, -0.2) is 9.37 Å². The molecule has 0 spiro atoms. The summed E-state index contributed by atoms with van der Waals surface area (Å²) >= 11 is 1.27. The van der Waals surface area contributed by atoms with Gasteiger partial charge in [-0.15, -0.1) is 11.3 Å². The number of thiazole rings is 1. The van der Waals surface area contributed by atoms with Crippen molar-refractivity contribution in [2.75, 3.05) is 31.5 Å². The van der Waals surface area contributed by atoms with E-state index in [1.807, 2.05) is 0 Å². The van der Waals surface area contributed by atoms with E-state index in [0.29, 0.717) is 33.9 Å². The zero-order valence-electron chi connectivity index (χ0n) is 25.3. The predicted octanol–water partition coefficient (Wildman–Crippen LogP) is 6.42. The third kappa shape index (κ3) is 9.18. The molecular weight excluding hydrogens is 565 g/mol. The second kappa shape index (κ2) is 15.7. The summed E-state index contributed by atoms with van der Waals surface area (Å²) < 4.78 is 15.1. The third-order valence-corrected chi connectivity index (χ3v) is 8.27. The molecule has 3 N–H and O–H groups in total. The van der Waals surface area contributed by atoms with Crippen molar-refractivity contribution in [1.82, 2.24) is 20.5 Å². The molecule has 0 atom stereocenters. The zero-order valence-corrected chi connectivity index (χ0v) is 26.1. The normalized spacial score (nSPS) is 12.8. The molecule has 0 unspecified atom stereocenters. The fraction of sp³-hybridized carbons (Fsp3) is 0.455. The standard InChI is InChI=1S/C33H42FN5O3S/c1-4-6-15-39(16-7-5-2)17-8-13-35-30(40)23-9-12-26(28(19-23)32(42)38-33-36-14-18-43-33)27-20-24(21-29(34)22(27)3)31(41)37-25-10-11-25/h9,12,14,18-21,25H,4-8,10-11,13,15-17H2,1-3H3,(H,35,40)(H,37,41)(H,36,38,42). The molecule has 43 heavy (non-hydrogen) atoms. The summed E-state index contributed by atoms with van der Waals surface area (Å²) in [4.78, 5) is 46.0. The molecule has 1 aromatic heterocycles. The van der Waals surface area contributed by atoms with E-state index >= 15 is 4.39 Å². The van der Waals surface area contributed by atoms with Gasteiger partial charge in [-0.2, -0.15) is 0 Å². The van der Waals surface area contributed by atoms with Crippen LogP contribution in [0.5, 0.6) is 0 Å². The summed E-state index contributed by atoms with van der Waals surface area (Å²) in [5, 5.41) is 10.8. The fourth-order valence-corrected chi connectivity index (χ4v) is 5.37. The van der Waals surface area contributed by atoms with Crippen LogP contribution in [0.25, 0.3) is 11.1 Å². The molecule has 10 heteroatoms. The maximum absolute atomic E-state index is 15.1. The molecule has 0 bridgehead atoms. The minimum atomic E-state index is -0.543. The number of carbonyl (C=O) groups excluding carboxylic acids is 3. The third-order valence-electron chi connectivity index (χ3n) is 7.58. The number of carbonyl (C=O) groups is 3. The molecule has 0 radical (unpaired) electrons. The number of aromatic nitrogens is 1. The molecular formula is C33H42FN5O3S. The highest BCUT2D eigenvalue weighted by Crippen LogP contribution is 2.32. The SMILES string of the molecule is CCCCN(CCCC)CCCNC(=O)c1ccc(-c2cc(C(=O)NC3CC3)cc(F)c2C)c(C(=O)Nc2nccs2)c1. The van der Waals surface area contributed by atoms with Gasteiger partial charge < -0.3 is 15.5 Å². The zero-order chi connectivity index (χ0) is 30.8. The monoisotopic (exact) mass is 607 g/mol. The van der Waals surface area contributed by atoms with E-state index in [0.717, 1.165) is 64.6 Å². The first kappa shape index (κ1) is 32.3. The van der Waals surface area contributed by atoms with Crippen molar-refractivity contribution in [2.45, 2.75) is 71.8 Å². The minimum absolute atomic E-state index is 0.119. The Balaban J connectivity index is 1.55. The summed E-state index contributed by atoms with van der Waals surface area (Å²) in [5.41, 5.74) is 1.84. The number of rotatable bonds is 16. The Morgan fingerprint density at radius 2 is 1.65 bits per heavy atom. The van der Waals surface area contributed by atoms with E-state index in [1.165, 1.54) is 23.5 Å². The first-order valence-corrected chi connectivity index (χ1v) is 16.2. The van der Waals surface area contributed by atoms with Crippen molar-refractivity contribution in [1.29, 1.82) is 0 Å². The molecule has 4 rings (SSSR count). The molecule has 2 aromatic carbocycles. The number of unbranched alkanes of at least 4 members (excludes halogenated alkanes) is 2. The predicted molar refractivity (Wildman–Crippen MR) is 170 cm³/mol. The fourth-order valence-electron chi connectivity index (χ4n) is 4.85. The number of nitrogens with one attached hydrogen (secondary N) is 3. The van der Waals surface area contributed by atoms with Crippen molar-refractivity contribution in [3.05, 3.63) is 70.0 Å². The first-order chi connectivity index (χ1) is 20.8. The Labute approximate surface area is 257 Å². The van der Waals surface area contributed by atoms with Gasteiger partial charge in [0.1, 0.15) is 5.82 Å². The van der Waals surface area contributed by atoms with E-state index in [1.54, 1.807) is 36.7 Å². The summed E-state index contributed by atoms with van der Waals surface area (Å²) in [6.45, 7) is 9.54. The number of halogens is 1. The molecule has 1 aliphatic carbocycles. The van der Waals surface area contributed by atoms with E-state index in [2.05, 4.69) is 39.7 Å². The number of hydrogen-bond acceptors (Lipinski definition) is 6. The lowest BCUT2D eigenvalue weighted by Gasteiger charge is -2.22. The van der Waals surface area contributed by atoms with Crippen molar-refractivity contribution in [2.24, 2.45) is 0 Å². The van der Waals surface area contributed by atoms with E-state index in [-0.39, 0.29) is 29.0 Å². The Bertz CT molecular complexity index is 1400. The summed E-state index contributed by atoms with van der Waals surface area (Å²) in [6, 6.07) is 7.75. The van der Waals surface area contributed by atoms with E-state index in [4.69, 9.17) is 0 Å². The molecule has 8 nitrogen and oxygen atoms in total. The second-order valence-corrected chi connectivity index (χ2v) is 12.0. The molecule has 0 saturated heterocycles. The second-order valence-electron chi connectivity index (χ2n) is 11.1. The van der Waals surface area contributed by atoms with Crippen LogP contribution in [0.15, 0.2) is 41.9 Å². The molecule has 0 aliphatic heterocycles. The smallest absolute Gasteiger partial charge is 0.258 e. The average Bonchev–Trinajstić information content (AvgIpc) is 3.67. The number of anilines is 1. The van der Waals surface area contributed by atoms with Crippen LogP contribution in [0.2, 0.25) is 0 Å². The summed E-state index contributed by atoms with van der Waals surface area (Å²) in [7, 11) is 0. The van der Waals surface area contributed by atoms with Gasteiger partial charge in [0.2, 0.25) is 0 Å². The minimum Gasteiger partial charge on any atom is -0.352 e. The lowest BCUT2D eigenvalue weighted by molar-refractivity contribution is 0.0942. The number of amides is 3. The van der Waals surface area contributed by atoms with Crippen LogP contribution >= 0.6 is 11.3 Å². The van der Waals surface area contributed by atoms with Crippen LogP contribution in [0.1, 0.15) is 95.4 Å². The topological polar surface area (TPSA) is 103 Å². The largest absolute Gasteiger partial charge is 0.352 e. The lowest BCUT2D eigenvalue weighted by Crippen LogP contribution is -2.31. The van der Waals surface area contributed by atoms with Gasteiger partial charge in [0, 0.05) is 40.9 Å². The van der Waals surface area contributed by atoms with Gasteiger partial charge in [-0.1, -0.05) is 32.8 Å². The average molecular weight is 608 g/mol. The van der Waals surface area contributed by atoms with Crippen LogP contribution < -0.4 is 16.0 Å². The molecule has 1 saturated carbocycles. The van der Waals surface area contributed by atoms with Gasteiger partial charge in [0.05, 0.1) is 0 Å². The number of hydrogen-bond donors (Lipinski definition) is 3. The summed E-state index contributed by atoms with van der Waals surface area (Å²) in [5.74, 6) is -1.66. The molecule has 1 heterocycles. The van der Waals surface area contributed by atoms with Crippen LogP contribution in [-0.2, 0) is 0 Å². The van der Waals surface area contributed by atoms with Crippen LogP contribution in [0.4, 0.5) is 9.52 Å². The number of benzene rings is 2. The maximum atomic E-state index is 15.1. The van der Waals surface area contributed by atoms with Gasteiger partial charge in [-0.3, -0.25) is 19.7 Å². The van der Waals surface area contributed by atoms with Crippen LogP contribution in [0, 0.1) is 12.7 Å². The van der Waals surface area contributed by atoms with Gasteiger partial charge in [-0.05, 0) is 99.6 Å². The number of nitrogens with zero attached hydrogens (tertiary/aromatic N) is 2. The summed E-state index contributed by atoms with van der Waals surface area (Å²) in [6.07, 6.45) is 8.84.